The van der Waals surface area contributed by atoms with Crippen molar-refractivity contribution in [3.05, 3.63) is 28.0 Å². The molecule has 1 aromatic rings. The summed E-state index contributed by atoms with van der Waals surface area (Å²) in [5.74, 6) is -1.64. The van der Waals surface area contributed by atoms with Gasteiger partial charge in [0.25, 0.3) is 5.91 Å². The molecule has 0 spiro atoms. The molecule has 0 aromatic heterocycles. The standard InChI is InChI=1S/C13H18BrFN2O3S/c1-4-10(7(2)3)17-13(18)9-5-8(14)6-11(12(9)15)21(16,19)20/h5-7,10H,4H2,1-3H3,(H,17,18)(H2,16,19,20). The van der Waals surface area contributed by atoms with Gasteiger partial charge in [0.1, 0.15) is 4.90 Å². The Hall–Kier alpha value is -0.990. The van der Waals surface area contributed by atoms with Gasteiger partial charge in [-0.15, -0.1) is 0 Å². The Bertz CT molecular complexity index is 647. The smallest absolute Gasteiger partial charge is 0.254 e. The highest BCUT2D eigenvalue weighted by Gasteiger charge is 2.24. The van der Waals surface area contributed by atoms with Gasteiger partial charge in [0, 0.05) is 10.5 Å². The normalized spacial score (nSPS) is 13.3. The lowest BCUT2D eigenvalue weighted by atomic mass is 10.0. The van der Waals surface area contributed by atoms with Gasteiger partial charge in [-0.3, -0.25) is 4.79 Å². The first-order valence-electron chi connectivity index (χ1n) is 6.40. The van der Waals surface area contributed by atoms with Crippen LogP contribution in [0.15, 0.2) is 21.5 Å². The van der Waals surface area contributed by atoms with Gasteiger partial charge in [0.15, 0.2) is 5.82 Å². The number of rotatable bonds is 5. The number of hydrogen-bond acceptors (Lipinski definition) is 3. The van der Waals surface area contributed by atoms with Gasteiger partial charge in [0.05, 0.1) is 5.56 Å². The van der Waals surface area contributed by atoms with E-state index in [2.05, 4.69) is 21.2 Å². The van der Waals surface area contributed by atoms with E-state index in [4.69, 9.17) is 5.14 Å². The number of carbonyl (C=O) groups is 1. The maximum atomic E-state index is 14.2. The second kappa shape index (κ2) is 6.85. The van der Waals surface area contributed by atoms with E-state index < -0.39 is 26.6 Å². The van der Waals surface area contributed by atoms with Crippen molar-refractivity contribution in [2.45, 2.75) is 38.1 Å². The molecular weight excluding hydrogens is 363 g/mol. The van der Waals surface area contributed by atoms with E-state index in [9.17, 15) is 17.6 Å². The average Bonchev–Trinajstić information content (AvgIpc) is 2.36. The third-order valence-electron chi connectivity index (χ3n) is 3.12. The van der Waals surface area contributed by atoms with E-state index in [1.165, 1.54) is 6.07 Å². The quantitative estimate of drug-likeness (QED) is 0.821. The molecule has 118 valence electrons. The molecule has 1 atom stereocenters. The van der Waals surface area contributed by atoms with Crippen LogP contribution in [0.25, 0.3) is 0 Å². The predicted octanol–water partition coefficient (Wildman–Crippen LogP) is 2.40. The summed E-state index contributed by atoms with van der Waals surface area (Å²) in [6.45, 7) is 5.76. The Balaban J connectivity index is 3.25. The van der Waals surface area contributed by atoms with E-state index >= 15 is 0 Å². The van der Waals surface area contributed by atoms with Crippen molar-refractivity contribution in [2.75, 3.05) is 0 Å². The van der Waals surface area contributed by atoms with Gasteiger partial charge in [0.2, 0.25) is 10.0 Å². The van der Waals surface area contributed by atoms with Crippen molar-refractivity contribution in [1.29, 1.82) is 0 Å². The van der Waals surface area contributed by atoms with Crippen LogP contribution in [0.1, 0.15) is 37.6 Å². The summed E-state index contributed by atoms with van der Waals surface area (Å²) in [5, 5.41) is 7.64. The number of amides is 1. The number of hydrogen-bond donors (Lipinski definition) is 2. The molecule has 0 aliphatic heterocycles. The van der Waals surface area contributed by atoms with Crippen LogP contribution in [0, 0.1) is 11.7 Å². The van der Waals surface area contributed by atoms with E-state index in [0.29, 0.717) is 6.42 Å². The van der Waals surface area contributed by atoms with E-state index in [-0.39, 0.29) is 22.0 Å². The molecule has 0 saturated heterocycles. The summed E-state index contributed by atoms with van der Waals surface area (Å²) in [5.41, 5.74) is -0.354. The van der Waals surface area contributed by atoms with Crippen LogP contribution in [0.2, 0.25) is 0 Å². The zero-order valence-corrected chi connectivity index (χ0v) is 14.4. The first-order chi connectivity index (χ1) is 9.57. The Morgan fingerprint density at radius 3 is 2.43 bits per heavy atom. The number of benzene rings is 1. The molecule has 0 aliphatic rings. The highest BCUT2D eigenvalue weighted by atomic mass is 79.9. The Kier molecular flexibility index (Phi) is 5.89. The minimum Gasteiger partial charge on any atom is -0.349 e. The third-order valence-corrected chi connectivity index (χ3v) is 4.48. The third kappa shape index (κ3) is 4.49. The van der Waals surface area contributed by atoms with Gasteiger partial charge in [-0.25, -0.2) is 17.9 Å². The van der Waals surface area contributed by atoms with Crippen LogP contribution in [0.3, 0.4) is 0 Å². The average molecular weight is 381 g/mol. The lowest BCUT2D eigenvalue weighted by Crippen LogP contribution is -2.38. The molecular formula is C13H18BrFN2O3S. The maximum absolute atomic E-state index is 14.2. The Morgan fingerprint density at radius 2 is 2.00 bits per heavy atom. The Morgan fingerprint density at radius 1 is 1.43 bits per heavy atom. The van der Waals surface area contributed by atoms with Crippen molar-refractivity contribution in [3.63, 3.8) is 0 Å². The number of carbonyl (C=O) groups excluding carboxylic acids is 1. The molecule has 0 heterocycles. The summed E-state index contributed by atoms with van der Waals surface area (Å²) in [4.78, 5) is 11.5. The van der Waals surface area contributed by atoms with Crippen molar-refractivity contribution in [3.8, 4) is 0 Å². The molecule has 0 saturated carbocycles. The zero-order valence-electron chi connectivity index (χ0n) is 12.0. The fourth-order valence-electron chi connectivity index (χ4n) is 1.92. The van der Waals surface area contributed by atoms with E-state index in [1.54, 1.807) is 0 Å². The summed E-state index contributed by atoms with van der Waals surface area (Å²) >= 11 is 3.05. The van der Waals surface area contributed by atoms with Crippen molar-refractivity contribution >= 4 is 31.9 Å². The number of nitrogens with two attached hydrogens (primary N) is 1. The van der Waals surface area contributed by atoms with Gasteiger partial charge in [-0.1, -0.05) is 36.7 Å². The summed E-state index contributed by atoms with van der Waals surface area (Å²) < 4.78 is 37.2. The first-order valence-corrected chi connectivity index (χ1v) is 8.74. The largest absolute Gasteiger partial charge is 0.349 e. The second-order valence-electron chi connectivity index (χ2n) is 5.04. The molecule has 0 radical (unpaired) electrons. The zero-order chi connectivity index (χ0) is 16.4. The maximum Gasteiger partial charge on any atom is 0.254 e. The monoisotopic (exact) mass is 380 g/mol. The Labute approximate surface area is 132 Å². The summed E-state index contributed by atoms with van der Waals surface area (Å²) in [7, 11) is -4.25. The molecule has 0 fully saturated rings. The highest BCUT2D eigenvalue weighted by molar-refractivity contribution is 9.10. The van der Waals surface area contributed by atoms with Crippen LogP contribution in [-0.2, 0) is 10.0 Å². The number of nitrogens with one attached hydrogen (secondary N) is 1. The van der Waals surface area contributed by atoms with Crippen LogP contribution in [0.5, 0.6) is 0 Å². The molecule has 1 rings (SSSR count). The molecule has 1 unspecified atom stereocenters. The minimum absolute atomic E-state index is 0.131. The van der Waals surface area contributed by atoms with Gasteiger partial charge >= 0.3 is 0 Å². The van der Waals surface area contributed by atoms with Gasteiger partial charge < -0.3 is 5.32 Å². The predicted molar refractivity (Wildman–Crippen MR) is 81.9 cm³/mol. The van der Waals surface area contributed by atoms with Gasteiger partial charge in [-0.05, 0) is 24.5 Å². The molecule has 21 heavy (non-hydrogen) atoms. The van der Waals surface area contributed by atoms with Crippen LogP contribution in [-0.4, -0.2) is 20.4 Å². The number of sulfonamides is 1. The number of primary sulfonamides is 1. The molecule has 1 amide bonds. The number of halogens is 2. The topological polar surface area (TPSA) is 89.3 Å². The van der Waals surface area contributed by atoms with Crippen molar-refractivity contribution in [1.82, 2.24) is 5.32 Å². The molecule has 0 bridgehead atoms. The SMILES string of the molecule is CCC(NC(=O)c1cc(Br)cc(S(N)(=O)=O)c1F)C(C)C. The van der Waals surface area contributed by atoms with Crippen molar-refractivity contribution < 1.29 is 17.6 Å². The lowest BCUT2D eigenvalue weighted by Gasteiger charge is -2.21. The van der Waals surface area contributed by atoms with Crippen LogP contribution >= 0.6 is 15.9 Å². The molecule has 0 aliphatic carbocycles. The molecule has 1 aromatic carbocycles. The summed E-state index contributed by atoms with van der Waals surface area (Å²) in [6, 6.07) is 2.13. The fraction of sp³-hybridized carbons (Fsp3) is 0.462. The second-order valence-corrected chi connectivity index (χ2v) is 7.49. The summed E-state index contributed by atoms with van der Waals surface area (Å²) in [6.07, 6.45) is 0.682. The first kappa shape index (κ1) is 18.1. The lowest BCUT2D eigenvalue weighted by molar-refractivity contribution is 0.0920. The van der Waals surface area contributed by atoms with Crippen LogP contribution in [0.4, 0.5) is 4.39 Å². The van der Waals surface area contributed by atoms with Crippen molar-refractivity contribution in [2.24, 2.45) is 11.1 Å². The molecule has 3 N–H and O–H groups in total. The van der Waals surface area contributed by atoms with E-state index in [1.807, 2.05) is 20.8 Å². The van der Waals surface area contributed by atoms with Gasteiger partial charge in [-0.2, -0.15) is 0 Å². The molecule has 5 nitrogen and oxygen atoms in total. The van der Waals surface area contributed by atoms with Crippen LogP contribution < -0.4 is 10.5 Å². The molecule has 8 heteroatoms. The van der Waals surface area contributed by atoms with E-state index in [0.717, 1.165) is 6.07 Å². The highest BCUT2D eigenvalue weighted by Crippen LogP contribution is 2.23. The minimum atomic E-state index is -4.25. The fourth-order valence-corrected chi connectivity index (χ4v) is 3.18.